The number of ether oxygens (including phenoxy) is 3. The molecule has 2 rings (SSSR count). The van der Waals surface area contributed by atoms with Crippen molar-refractivity contribution < 1.29 is 24.1 Å². The summed E-state index contributed by atoms with van der Waals surface area (Å²) in [5, 5.41) is 11.1. The maximum atomic E-state index is 11.3. The van der Waals surface area contributed by atoms with E-state index < -0.39 is 5.97 Å². The summed E-state index contributed by atoms with van der Waals surface area (Å²) in [4.78, 5) is 11.3. The van der Waals surface area contributed by atoms with Crippen molar-refractivity contribution in [2.75, 3.05) is 33.5 Å². The van der Waals surface area contributed by atoms with E-state index in [0.717, 1.165) is 10.8 Å². The second kappa shape index (κ2) is 7.61. The SMILES string of the molecule is COCCOCCOc1cc2ccccc2cc1C(=O)O. The Balaban J connectivity index is 2.06. The molecule has 0 atom stereocenters. The van der Waals surface area contributed by atoms with Gasteiger partial charge in [-0.2, -0.15) is 0 Å². The minimum atomic E-state index is -1.00. The zero-order chi connectivity index (χ0) is 15.1. The zero-order valence-electron chi connectivity index (χ0n) is 11.9. The number of hydrogen-bond acceptors (Lipinski definition) is 4. The van der Waals surface area contributed by atoms with Gasteiger partial charge in [0.1, 0.15) is 17.9 Å². The van der Waals surface area contributed by atoms with Crippen LogP contribution in [0.25, 0.3) is 10.8 Å². The van der Waals surface area contributed by atoms with Gasteiger partial charge in [-0.25, -0.2) is 4.79 Å². The van der Waals surface area contributed by atoms with Gasteiger partial charge < -0.3 is 19.3 Å². The monoisotopic (exact) mass is 290 g/mol. The zero-order valence-corrected chi connectivity index (χ0v) is 11.9. The second-order valence-electron chi connectivity index (χ2n) is 4.45. The van der Waals surface area contributed by atoms with Gasteiger partial charge in [0.25, 0.3) is 0 Å². The van der Waals surface area contributed by atoms with Gasteiger partial charge >= 0.3 is 5.97 Å². The van der Waals surface area contributed by atoms with Gasteiger partial charge in [0.2, 0.25) is 0 Å². The molecule has 0 aliphatic heterocycles. The number of hydrogen-bond donors (Lipinski definition) is 1. The van der Waals surface area contributed by atoms with Crippen LogP contribution in [-0.4, -0.2) is 44.6 Å². The minimum Gasteiger partial charge on any atom is -0.490 e. The van der Waals surface area contributed by atoms with Gasteiger partial charge in [0.05, 0.1) is 19.8 Å². The fraction of sp³-hybridized carbons (Fsp3) is 0.312. The molecule has 2 aromatic rings. The molecule has 0 aliphatic rings. The summed E-state index contributed by atoms with van der Waals surface area (Å²) in [6.45, 7) is 1.69. The number of benzene rings is 2. The lowest BCUT2D eigenvalue weighted by atomic mass is 10.1. The molecule has 0 fully saturated rings. The topological polar surface area (TPSA) is 65.0 Å². The van der Waals surface area contributed by atoms with Crippen LogP contribution >= 0.6 is 0 Å². The molecule has 5 heteroatoms. The first-order valence-electron chi connectivity index (χ1n) is 6.68. The summed E-state index contributed by atoms with van der Waals surface area (Å²) in [6.07, 6.45) is 0. The standard InChI is InChI=1S/C16H18O5/c1-19-6-7-20-8-9-21-15-11-13-5-3-2-4-12(13)10-14(15)16(17)18/h2-5,10-11H,6-9H2,1H3,(H,17,18). The van der Waals surface area contributed by atoms with E-state index in [4.69, 9.17) is 14.2 Å². The highest BCUT2D eigenvalue weighted by Gasteiger charge is 2.12. The first kappa shape index (κ1) is 15.3. The minimum absolute atomic E-state index is 0.158. The number of aromatic carboxylic acids is 1. The average molecular weight is 290 g/mol. The van der Waals surface area contributed by atoms with E-state index in [-0.39, 0.29) is 5.56 Å². The summed E-state index contributed by atoms with van der Waals surface area (Å²) >= 11 is 0. The Bertz CT molecular complexity index is 609. The van der Waals surface area contributed by atoms with Gasteiger partial charge in [0.15, 0.2) is 0 Å². The van der Waals surface area contributed by atoms with Gasteiger partial charge in [0, 0.05) is 7.11 Å². The van der Waals surface area contributed by atoms with Crippen molar-refractivity contribution in [3.63, 3.8) is 0 Å². The van der Waals surface area contributed by atoms with Crippen molar-refractivity contribution in [1.82, 2.24) is 0 Å². The molecule has 0 heterocycles. The van der Waals surface area contributed by atoms with Crippen LogP contribution in [0.3, 0.4) is 0 Å². The van der Waals surface area contributed by atoms with E-state index in [2.05, 4.69) is 0 Å². The Kier molecular flexibility index (Phi) is 5.54. The highest BCUT2D eigenvalue weighted by atomic mass is 16.5. The number of rotatable bonds is 8. The van der Waals surface area contributed by atoms with Crippen molar-refractivity contribution >= 4 is 16.7 Å². The Morgan fingerprint density at radius 2 is 1.71 bits per heavy atom. The first-order chi connectivity index (χ1) is 10.2. The van der Waals surface area contributed by atoms with E-state index in [1.54, 1.807) is 19.2 Å². The van der Waals surface area contributed by atoms with E-state index in [0.29, 0.717) is 32.2 Å². The third-order valence-electron chi connectivity index (χ3n) is 3.00. The lowest BCUT2D eigenvalue weighted by Gasteiger charge is -2.11. The molecule has 0 unspecified atom stereocenters. The van der Waals surface area contributed by atoms with Crippen LogP contribution in [0.1, 0.15) is 10.4 Å². The lowest BCUT2D eigenvalue weighted by Crippen LogP contribution is -2.11. The van der Waals surface area contributed by atoms with Crippen molar-refractivity contribution in [3.05, 3.63) is 42.0 Å². The largest absolute Gasteiger partial charge is 0.490 e. The molecular formula is C16H18O5. The van der Waals surface area contributed by atoms with Crippen LogP contribution in [0.4, 0.5) is 0 Å². The molecule has 0 saturated heterocycles. The fourth-order valence-corrected chi connectivity index (χ4v) is 1.96. The number of methoxy groups -OCH3 is 1. The van der Waals surface area contributed by atoms with E-state index in [1.807, 2.05) is 24.3 Å². The number of carbonyl (C=O) groups is 1. The predicted octanol–water partition coefficient (Wildman–Crippen LogP) is 2.58. The molecule has 0 amide bonds. The number of fused-ring (bicyclic) bond motifs is 1. The smallest absolute Gasteiger partial charge is 0.339 e. The molecule has 0 bridgehead atoms. The van der Waals surface area contributed by atoms with Crippen LogP contribution < -0.4 is 4.74 Å². The summed E-state index contributed by atoms with van der Waals surface area (Å²) < 4.78 is 15.7. The molecule has 112 valence electrons. The first-order valence-corrected chi connectivity index (χ1v) is 6.68. The quantitative estimate of drug-likeness (QED) is 0.757. The summed E-state index contributed by atoms with van der Waals surface area (Å²) in [6, 6.07) is 10.9. The van der Waals surface area contributed by atoms with E-state index in [1.165, 1.54) is 0 Å². The normalized spacial score (nSPS) is 10.7. The summed E-state index contributed by atoms with van der Waals surface area (Å²) in [5.41, 5.74) is 0.158. The number of carboxylic acid groups (broad SMARTS) is 1. The molecule has 1 N–H and O–H groups in total. The Morgan fingerprint density at radius 3 is 2.38 bits per heavy atom. The van der Waals surface area contributed by atoms with Crippen molar-refractivity contribution in [1.29, 1.82) is 0 Å². The molecule has 0 aliphatic carbocycles. The van der Waals surface area contributed by atoms with Crippen LogP contribution in [0.15, 0.2) is 36.4 Å². The molecule has 5 nitrogen and oxygen atoms in total. The lowest BCUT2D eigenvalue weighted by molar-refractivity contribution is 0.0535. The molecular weight excluding hydrogens is 272 g/mol. The maximum absolute atomic E-state index is 11.3. The van der Waals surface area contributed by atoms with Crippen molar-refractivity contribution in [2.24, 2.45) is 0 Å². The molecule has 0 radical (unpaired) electrons. The number of carboxylic acids is 1. The van der Waals surface area contributed by atoms with Crippen LogP contribution in [0, 0.1) is 0 Å². The highest BCUT2D eigenvalue weighted by molar-refractivity contribution is 5.97. The second-order valence-corrected chi connectivity index (χ2v) is 4.45. The van der Waals surface area contributed by atoms with E-state index in [9.17, 15) is 9.90 Å². The Hall–Kier alpha value is -2.11. The summed E-state index contributed by atoms with van der Waals surface area (Å²) in [7, 11) is 1.61. The summed E-state index contributed by atoms with van der Waals surface area (Å²) in [5.74, 6) is -0.646. The van der Waals surface area contributed by atoms with Gasteiger partial charge in [-0.15, -0.1) is 0 Å². The fourth-order valence-electron chi connectivity index (χ4n) is 1.96. The average Bonchev–Trinajstić information content (AvgIpc) is 2.49. The third-order valence-corrected chi connectivity index (χ3v) is 3.00. The third kappa shape index (κ3) is 4.18. The molecule has 0 spiro atoms. The van der Waals surface area contributed by atoms with Crippen molar-refractivity contribution in [3.8, 4) is 5.75 Å². The highest BCUT2D eigenvalue weighted by Crippen LogP contribution is 2.26. The molecule has 0 saturated carbocycles. The van der Waals surface area contributed by atoms with Gasteiger partial charge in [-0.05, 0) is 22.9 Å². The Labute approximate surface area is 123 Å². The molecule has 21 heavy (non-hydrogen) atoms. The van der Waals surface area contributed by atoms with Crippen LogP contribution in [-0.2, 0) is 9.47 Å². The van der Waals surface area contributed by atoms with Crippen LogP contribution in [0.5, 0.6) is 5.75 Å². The molecule has 2 aromatic carbocycles. The molecule has 0 aromatic heterocycles. The Morgan fingerprint density at radius 1 is 1.05 bits per heavy atom. The predicted molar refractivity (Wildman–Crippen MR) is 79.1 cm³/mol. The van der Waals surface area contributed by atoms with Gasteiger partial charge in [-0.3, -0.25) is 0 Å². The van der Waals surface area contributed by atoms with Gasteiger partial charge in [-0.1, -0.05) is 24.3 Å². The van der Waals surface area contributed by atoms with Crippen LogP contribution in [0.2, 0.25) is 0 Å². The van der Waals surface area contributed by atoms with E-state index >= 15 is 0 Å². The maximum Gasteiger partial charge on any atom is 0.339 e. The van der Waals surface area contributed by atoms with Crippen molar-refractivity contribution in [2.45, 2.75) is 0 Å².